The van der Waals surface area contributed by atoms with Gasteiger partial charge in [-0.1, -0.05) is 308 Å². The van der Waals surface area contributed by atoms with Gasteiger partial charge >= 0.3 is 10.1 Å². The van der Waals surface area contributed by atoms with Crippen molar-refractivity contribution in [3.8, 4) is 79.1 Å². The van der Waals surface area contributed by atoms with Crippen LogP contribution in [0.25, 0.3) is 165 Å². The van der Waals surface area contributed by atoms with Gasteiger partial charge in [0.25, 0.3) is 0 Å². The number of para-hydroxylation sites is 10. The zero-order chi connectivity index (χ0) is 97.5. The standard InChI is InChI=1S/C47H34N2O3S.C40H28N2O.C24H16ClNO.C18H12BrNO/c1-33-20-28-41(29-21-33)53(50,51)52-47-32-46-44(42-18-10-11-19-45(42)49(46)38-16-6-3-7-17-38)31-43(47)35-23-25-39(26-24-35)48(37-14-4-2-5-15-37)40-27-22-34-12-8-9-13-36(34)30-40;43-40-27-39-37(35-17-9-10-18-38(35)42(39)32-15-5-2-6-16-32)26-36(40)29-20-22-33(23-21-29)41(31-13-3-1-4-14-31)34-24-19-28-11-7-8-12-30(28)25-34;25-17-12-10-16(11-13-17)20-14-21-19-8-4-5-9-22(19)26(23(21)15-24(20)27)18-6-2-1-3-7-18;19-15-10-14-13-8-4-5-9-16(13)20(17(14)11-18(15)21)12-6-2-1-3-7-12/h2-32H,1H3;1-27,43H;1-15,27H;1-11,21H. The van der Waals surface area contributed by atoms with Gasteiger partial charge in [-0.3, -0.25) is 0 Å². The number of hydrogen-bond donors (Lipinski definition) is 3. The Morgan fingerprint density at radius 3 is 0.910 bits per heavy atom. The monoisotopic (exact) mass is 1960 g/mol. The molecule has 0 aliphatic carbocycles. The van der Waals surface area contributed by atoms with Crippen LogP contribution in [0.3, 0.4) is 0 Å². The van der Waals surface area contributed by atoms with E-state index in [4.69, 9.17) is 15.8 Å². The number of halogens is 2. The molecule has 144 heavy (non-hydrogen) atoms. The summed E-state index contributed by atoms with van der Waals surface area (Å²) in [5, 5.41) is 46.5. The summed E-state index contributed by atoms with van der Waals surface area (Å²) in [5.74, 6) is 1.02. The largest absolute Gasteiger partial charge is 0.507 e. The van der Waals surface area contributed by atoms with Crippen LogP contribution in [0.5, 0.6) is 23.0 Å². The van der Waals surface area contributed by atoms with Gasteiger partial charge < -0.3 is 47.6 Å². The van der Waals surface area contributed by atoms with Crippen LogP contribution in [0.15, 0.2) is 519 Å². The van der Waals surface area contributed by atoms with E-state index >= 15 is 0 Å². The summed E-state index contributed by atoms with van der Waals surface area (Å²) in [4.78, 5) is 4.60. The quantitative estimate of drug-likeness (QED) is 0.0816. The molecule has 0 unspecified atom stereocenters. The van der Waals surface area contributed by atoms with E-state index in [2.05, 4.69) is 329 Å². The lowest BCUT2D eigenvalue weighted by Crippen LogP contribution is -2.11. The molecule has 0 fully saturated rings. The highest BCUT2D eigenvalue weighted by Gasteiger charge is 2.27. The van der Waals surface area contributed by atoms with Crippen LogP contribution >= 0.6 is 27.5 Å². The molecule has 15 heteroatoms. The SMILES string of the molecule is Cc1ccc(S(=O)(=O)Oc2cc3c(cc2-c2ccc(N(c4ccccc4)c4ccc5ccccc5c4)cc2)c2ccccc2n3-c2ccccc2)cc1.Oc1cc2c(cc1-c1ccc(Cl)cc1)c1ccccc1n2-c1ccccc1.Oc1cc2c(cc1-c1ccc(N(c3ccccc3)c3ccc4ccccc4c3)cc1)c1ccccc1n2-c1ccccc1.Oc1cc2c(cc1Br)c1ccccc1n2-c1ccccc1. The highest BCUT2D eigenvalue weighted by molar-refractivity contribution is 9.10. The zero-order valence-corrected chi connectivity index (χ0v) is 81.1. The second-order valence-corrected chi connectivity index (χ2v) is 38.4. The van der Waals surface area contributed by atoms with Crippen molar-refractivity contribution >= 4 is 181 Å². The number of aryl methyl sites for hydroxylation is 1. The first-order valence-electron chi connectivity index (χ1n) is 47.5. The molecule has 0 saturated carbocycles. The molecule has 692 valence electrons. The van der Waals surface area contributed by atoms with Crippen molar-refractivity contribution in [3.63, 3.8) is 0 Å². The van der Waals surface area contributed by atoms with E-state index in [1.165, 1.54) is 21.5 Å². The van der Waals surface area contributed by atoms with E-state index in [1.807, 2.05) is 207 Å². The van der Waals surface area contributed by atoms with E-state index < -0.39 is 10.1 Å². The van der Waals surface area contributed by atoms with Crippen LogP contribution in [0, 0.1) is 6.92 Å². The Kier molecular flexibility index (Phi) is 24.2. The number of phenols is 3. The minimum absolute atomic E-state index is 0.0991. The summed E-state index contributed by atoms with van der Waals surface area (Å²) >= 11 is 9.43. The van der Waals surface area contributed by atoms with Crippen molar-refractivity contribution in [2.75, 3.05) is 9.80 Å². The first-order valence-corrected chi connectivity index (χ1v) is 50.1. The second-order valence-electron chi connectivity index (χ2n) is 35.6. The highest BCUT2D eigenvalue weighted by Crippen LogP contribution is 2.48. The van der Waals surface area contributed by atoms with Crippen molar-refractivity contribution in [1.82, 2.24) is 18.3 Å². The van der Waals surface area contributed by atoms with E-state index in [1.54, 1.807) is 24.3 Å². The van der Waals surface area contributed by atoms with Gasteiger partial charge in [-0.15, -0.1) is 0 Å². The number of hydrogen-bond acceptors (Lipinski definition) is 8. The summed E-state index contributed by atoms with van der Waals surface area (Å²) in [5.41, 5.74) is 24.6. The molecule has 0 aliphatic heterocycles. The lowest BCUT2D eigenvalue weighted by Gasteiger charge is -2.26. The molecule has 3 N–H and O–H groups in total. The molecule has 26 aromatic rings. The third-order valence-electron chi connectivity index (χ3n) is 26.7. The average molecular weight is 1970 g/mol. The summed E-state index contributed by atoms with van der Waals surface area (Å²) in [6, 6.07) is 171. The zero-order valence-electron chi connectivity index (χ0n) is 77.9. The number of fused-ring (bicyclic) bond motifs is 14. The van der Waals surface area contributed by atoms with E-state index in [0.29, 0.717) is 15.1 Å². The Labute approximate surface area is 845 Å². The fourth-order valence-electron chi connectivity index (χ4n) is 19.9. The van der Waals surface area contributed by atoms with Gasteiger partial charge in [-0.05, 0) is 255 Å². The van der Waals surface area contributed by atoms with Gasteiger partial charge in [0.2, 0.25) is 0 Å². The molecule has 0 amide bonds. The van der Waals surface area contributed by atoms with E-state index in [0.717, 1.165) is 177 Å². The number of aromatic hydroxyl groups is 3. The molecule has 0 radical (unpaired) electrons. The summed E-state index contributed by atoms with van der Waals surface area (Å²) in [7, 11) is -4.17. The lowest BCUT2D eigenvalue weighted by molar-refractivity contribution is 0.472. The van der Waals surface area contributed by atoms with Gasteiger partial charge in [0.05, 0.1) is 48.6 Å². The van der Waals surface area contributed by atoms with Crippen LogP contribution in [0.1, 0.15) is 5.56 Å². The van der Waals surface area contributed by atoms with Crippen LogP contribution in [-0.4, -0.2) is 42.0 Å². The molecular formula is C129H90BrClN6O6S. The number of nitrogens with zero attached hydrogens (tertiary/aromatic N) is 6. The molecule has 0 aliphatic rings. The Morgan fingerprint density at radius 2 is 0.535 bits per heavy atom. The lowest BCUT2D eigenvalue weighted by atomic mass is 10.0. The number of phenolic OH excluding ortho intramolecular Hbond substituents is 3. The Balaban J connectivity index is 0.000000112. The van der Waals surface area contributed by atoms with E-state index in [9.17, 15) is 23.7 Å². The average Bonchev–Trinajstić information content (AvgIpc) is 1.63. The normalized spacial score (nSPS) is 11.4. The molecular weight excluding hydrogens is 1880 g/mol. The first kappa shape index (κ1) is 90.0. The molecule has 4 aromatic heterocycles. The van der Waals surface area contributed by atoms with Crippen molar-refractivity contribution in [3.05, 3.63) is 525 Å². The third-order valence-corrected chi connectivity index (χ3v) is 28.8. The van der Waals surface area contributed by atoms with Crippen molar-refractivity contribution in [2.45, 2.75) is 11.8 Å². The second kappa shape index (κ2) is 38.7. The Morgan fingerprint density at radius 1 is 0.250 bits per heavy atom. The maximum absolute atomic E-state index is 13.9. The summed E-state index contributed by atoms with van der Waals surface area (Å²) in [6.45, 7) is 1.92. The molecule has 0 spiro atoms. The molecule has 22 aromatic carbocycles. The number of anilines is 6. The maximum atomic E-state index is 13.9. The number of benzene rings is 22. The topological polar surface area (TPSA) is 130 Å². The Hall–Kier alpha value is -17.9. The molecule has 4 heterocycles. The number of rotatable bonds is 16. The van der Waals surface area contributed by atoms with Gasteiger partial charge in [0, 0.05) is 146 Å². The van der Waals surface area contributed by atoms with Crippen molar-refractivity contribution < 1.29 is 27.9 Å². The smallest absolute Gasteiger partial charge is 0.339 e. The minimum atomic E-state index is -4.17. The van der Waals surface area contributed by atoms with E-state index in [-0.39, 0.29) is 27.9 Å². The molecule has 0 atom stereocenters. The minimum Gasteiger partial charge on any atom is -0.507 e. The highest BCUT2D eigenvalue weighted by atomic mass is 79.9. The predicted octanol–water partition coefficient (Wildman–Crippen LogP) is 35.0. The Bertz CT molecular complexity index is 9420. The maximum Gasteiger partial charge on any atom is 0.339 e. The number of aromatic nitrogens is 4. The first-order chi connectivity index (χ1) is 70.6. The fourth-order valence-corrected chi connectivity index (χ4v) is 21.3. The fraction of sp³-hybridized carbons (Fsp3) is 0.00775. The van der Waals surface area contributed by atoms with Gasteiger partial charge in [0.15, 0.2) is 5.75 Å². The molecule has 0 bridgehead atoms. The van der Waals surface area contributed by atoms with Crippen LogP contribution in [-0.2, 0) is 10.1 Å². The molecule has 26 rings (SSSR count). The molecule has 12 nitrogen and oxygen atoms in total. The summed E-state index contributed by atoms with van der Waals surface area (Å²) < 4.78 is 43.3. The van der Waals surface area contributed by atoms with Crippen LogP contribution in [0.2, 0.25) is 5.02 Å². The van der Waals surface area contributed by atoms with Crippen molar-refractivity contribution in [1.29, 1.82) is 0 Å². The van der Waals surface area contributed by atoms with Crippen LogP contribution in [0.4, 0.5) is 34.1 Å². The predicted molar refractivity (Wildman–Crippen MR) is 601 cm³/mol. The van der Waals surface area contributed by atoms with Gasteiger partial charge in [-0.25, -0.2) is 0 Å². The third kappa shape index (κ3) is 17.4. The van der Waals surface area contributed by atoms with Crippen LogP contribution < -0.4 is 14.0 Å². The van der Waals surface area contributed by atoms with Gasteiger partial charge in [-0.2, -0.15) is 8.42 Å². The molecule has 0 saturated heterocycles. The van der Waals surface area contributed by atoms with Crippen molar-refractivity contribution in [2.24, 2.45) is 0 Å². The van der Waals surface area contributed by atoms with Gasteiger partial charge in [0.1, 0.15) is 22.1 Å². The summed E-state index contributed by atoms with van der Waals surface area (Å²) in [6.07, 6.45) is 0.